The Hall–Kier alpha value is -3.96. The van der Waals surface area contributed by atoms with Gasteiger partial charge in [-0.05, 0) is 24.6 Å². The van der Waals surface area contributed by atoms with Crippen LogP contribution in [0.2, 0.25) is 0 Å². The van der Waals surface area contributed by atoms with Crippen LogP contribution in [0.4, 0.5) is 32.9 Å². The summed E-state index contributed by atoms with van der Waals surface area (Å²) in [7, 11) is 0. The van der Waals surface area contributed by atoms with Crippen molar-refractivity contribution in [3.8, 4) is 0 Å². The molecule has 0 saturated carbocycles. The van der Waals surface area contributed by atoms with Crippen molar-refractivity contribution in [3.05, 3.63) is 36.4 Å². The Morgan fingerprint density at radius 2 is 1.52 bits per heavy atom. The first-order chi connectivity index (χ1) is 11.9. The fourth-order valence-corrected chi connectivity index (χ4v) is 1.94. The van der Waals surface area contributed by atoms with E-state index < -0.39 is 12.1 Å². The molecule has 0 aliphatic rings. The molecule has 0 atom stereocenters. The van der Waals surface area contributed by atoms with Gasteiger partial charge in [0, 0.05) is 11.4 Å². The van der Waals surface area contributed by atoms with Gasteiger partial charge in [-0.15, -0.1) is 10.2 Å². The van der Waals surface area contributed by atoms with Gasteiger partial charge in [-0.2, -0.15) is 9.36 Å². The number of nitrogens with one attached hydrogen (secondary N) is 2. The highest BCUT2D eigenvalue weighted by Gasteiger charge is 2.12. The largest absolute Gasteiger partial charge is 0.366 e. The minimum atomic E-state index is -0.547. The SMILES string of the molecule is Cc1ccc(NC(=O)n2cnc(N)n2)cc1NC(=O)n1cnc(N)n1. The molecule has 3 aromatic rings. The van der Waals surface area contributed by atoms with Crippen LogP contribution in [0.3, 0.4) is 0 Å². The van der Waals surface area contributed by atoms with E-state index in [0.29, 0.717) is 11.4 Å². The average molecular weight is 342 g/mol. The highest BCUT2D eigenvalue weighted by atomic mass is 16.2. The van der Waals surface area contributed by atoms with Crippen LogP contribution in [-0.2, 0) is 0 Å². The van der Waals surface area contributed by atoms with Crippen LogP contribution in [0.25, 0.3) is 0 Å². The van der Waals surface area contributed by atoms with E-state index in [2.05, 4.69) is 30.8 Å². The number of rotatable bonds is 2. The van der Waals surface area contributed by atoms with Crippen LogP contribution in [0.5, 0.6) is 0 Å². The van der Waals surface area contributed by atoms with Crippen LogP contribution in [0, 0.1) is 6.92 Å². The number of hydrogen-bond acceptors (Lipinski definition) is 8. The number of anilines is 4. The van der Waals surface area contributed by atoms with E-state index in [1.807, 2.05) is 0 Å². The van der Waals surface area contributed by atoms with Crippen molar-refractivity contribution in [2.24, 2.45) is 0 Å². The fraction of sp³-hybridized carbons (Fsp3) is 0.0769. The molecule has 6 N–H and O–H groups in total. The highest BCUT2D eigenvalue weighted by Crippen LogP contribution is 2.20. The summed E-state index contributed by atoms with van der Waals surface area (Å²) in [6.45, 7) is 1.80. The van der Waals surface area contributed by atoms with Crippen molar-refractivity contribution in [2.75, 3.05) is 22.1 Å². The molecular weight excluding hydrogens is 328 g/mol. The molecule has 0 bridgehead atoms. The van der Waals surface area contributed by atoms with Crippen molar-refractivity contribution >= 4 is 35.3 Å². The van der Waals surface area contributed by atoms with E-state index >= 15 is 0 Å². The molecule has 25 heavy (non-hydrogen) atoms. The molecule has 0 spiro atoms. The monoisotopic (exact) mass is 342 g/mol. The van der Waals surface area contributed by atoms with Crippen LogP contribution in [-0.4, -0.2) is 41.6 Å². The Bertz CT molecular complexity index is 944. The van der Waals surface area contributed by atoms with E-state index in [0.717, 1.165) is 14.9 Å². The van der Waals surface area contributed by atoms with Gasteiger partial charge in [0.15, 0.2) is 0 Å². The average Bonchev–Trinajstić information content (AvgIpc) is 3.19. The number of nitrogen functional groups attached to an aromatic ring is 2. The van der Waals surface area contributed by atoms with Gasteiger partial charge in [-0.25, -0.2) is 19.6 Å². The van der Waals surface area contributed by atoms with Gasteiger partial charge in [0.05, 0.1) is 0 Å². The minimum Gasteiger partial charge on any atom is -0.366 e. The molecule has 0 saturated heterocycles. The zero-order valence-electron chi connectivity index (χ0n) is 13.0. The standard InChI is InChI=1S/C13H14N10O2/c1-7-2-3-8(18-12(24)22-5-16-10(14)20-22)4-9(7)19-13(25)23-6-17-11(15)21-23/h2-6H,1H3,(H2,14,20)(H2,15,21)(H,18,24)(H,19,25). The Labute approximate surface area is 140 Å². The normalized spacial score (nSPS) is 10.4. The molecule has 2 amide bonds. The van der Waals surface area contributed by atoms with E-state index in [-0.39, 0.29) is 11.9 Å². The predicted octanol–water partition coefficient (Wildman–Crippen LogP) is 0.503. The van der Waals surface area contributed by atoms with E-state index in [1.165, 1.54) is 12.7 Å². The summed E-state index contributed by atoms with van der Waals surface area (Å²) in [4.78, 5) is 31.5. The first kappa shape index (κ1) is 15.9. The topological polar surface area (TPSA) is 172 Å². The van der Waals surface area contributed by atoms with Crippen LogP contribution >= 0.6 is 0 Å². The molecule has 128 valence electrons. The van der Waals surface area contributed by atoms with Crippen molar-refractivity contribution in [3.63, 3.8) is 0 Å². The zero-order valence-corrected chi connectivity index (χ0v) is 13.0. The summed E-state index contributed by atoms with van der Waals surface area (Å²) in [5, 5.41) is 12.7. The third kappa shape index (κ3) is 3.52. The maximum absolute atomic E-state index is 12.1. The zero-order chi connectivity index (χ0) is 18.0. The van der Waals surface area contributed by atoms with Gasteiger partial charge >= 0.3 is 12.1 Å². The number of benzene rings is 1. The third-order valence-electron chi connectivity index (χ3n) is 3.17. The fourth-order valence-electron chi connectivity index (χ4n) is 1.94. The van der Waals surface area contributed by atoms with Gasteiger partial charge in [0.1, 0.15) is 12.7 Å². The summed E-state index contributed by atoms with van der Waals surface area (Å²) >= 11 is 0. The lowest BCUT2D eigenvalue weighted by Gasteiger charge is -2.11. The van der Waals surface area contributed by atoms with Crippen molar-refractivity contribution in [1.82, 2.24) is 29.5 Å². The summed E-state index contributed by atoms with van der Waals surface area (Å²) < 4.78 is 1.93. The minimum absolute atomic E-state index is 0.0139. The Kier molecular flexibility index (Phi) is 3.99. The molecule has 0 radical (unpaired) electrons. The smallest absolute Gasteiger partial charge is 0.348 e. The molecule has 0 unspecified atom stereocenters. The van der Waals surface area contributed by atoms with Gasteiger partial charge in [-0.1, -0.05) is 6.07 Å². The summed E-state index contributed by atoms with van der Waals surface area (Å²) in [5.74, 6) is -0.0286. The number of hydrogen-bond donors (Lipinski definition) is 4. The Balaban J connectivity index is 1.76. The molecule has 0 fully saturated rings. The number of nitrogens with zero attached hydrogens (tertiary/aromatic N) is 6. The van der Waals surface area contributed by atoms with Gasteiger partial charge in [0.2, 0.25) is 11.9 Å². The van der Waals surface area contributed by atoms with Crippen LogP contribution in [0.1, 0.15) is 5.56 Å². The number of aromatic nitrogens is 6. The number of amides is 2. The summed E-state index contributed by atoms with van der Waals surface area (Å²) in [5.41, 5.74) is 12.5. The lowest BCUT2D eigenvalue weighted by Crippen LogP contribution is -2.22. The lowest BCUT2D eigenvalue weighted by molar-refractivity contribution is 0.250. The first-order valence-corrected chi connectivity index (χ1v) is 7.00. The molecule has 0 aliphatic heterocycles. The second-order valence-corrected chi connectivity index (χ2v) is 4.98. The Morgan fingerprint density at radius 1 is 0.960 bits per heavy atom. The molecule has 0 aliphatic carbocycles. The maximum Gasteiger partial charge on any atom is 0.348 e. The van der Waals surface area contributed by atoms with Crippen LogP contribution < -0.4 is 22.1 Å². The molecule has 2 heterocycles. The molecule has 12 heteroatoms. The summed E-state index contributed by atoms with van der Waals surface area (Å²) in [6, 6.07) is 3.91. The second kappa shape index (κ2) is 6.27. The summed E-state index contributed by atoms with van der Waals surface area (Å²) in [6.07, 6.45) is 2.39. The van der Waals surface area contributed by atoms with Gasteiger partial charge in [-0.3, -0.25) is 0 Å². The first-order valence-electron chi connectivity index (χ1n) is 7.00. The van der Waals surface area contributed by atoms with E-state index in [9.17, 15) is 9.59 Å². The van der Waals surface area contributed by atoms with Crippen molar-refractivity contribution in [2.45, 2.75) is 6.92 Å². The van der Waals surface area contributed by atoms with Gasteiger partial charge < -0.3 is 22.1 Å². The van der Waals surface area contributed by atoms with Gasteiger partial charge in [0.25, 0.3) is 0 Å². The number of carbonyl (C=O) groups excluding carboxylic acids is 2. The number of carbonyl (C=O) groups is 2. The second-order valence-electron chi connectivity index (χ2n) is 4.98. The molecule has 12 nitrogen and oxygen atoms in total. The highest BCUT2D eigenvalue weighted by molar-refractivity contribution is 5.94. The van der Waals surface area contributed by atoms with Crippen molar-refractivity contribution in [1.29, 1.82) is 0 Å². The molecular formula is C13H14N10O2. The van der Waals surface area contributed by atoms with E-state index in [1.54, 1.807) is 25.1 Å². The predicted molar refractivity (Wildman–Crippen MR) is 88.9 cm³/mol. The molecule has 3 rings (SSSR count). The number of nitrogens with two attached hydrogens (primary N) is 2. The van der Waals surface area contributed by atoms with E-state index in [4.69, 9.17) is 11.5 Å². The quantitative estimate of drug-likeness (QED) is 0.521. The Morgan fingerprint density at radius 3 is 2.04 bits per heavy atom. The molecule has 1 aromatic carbocycles. The lowest BCUT2D eigenvalue weighted by atomic mass is 10.2. The molecule has 2 aromatic heterocycles. The van der Waals surface area contributed by atoms with Crippen molar-refractivity contribution < 1.29 is 9.59 Å². The third-order valence-corrected chi connectivity index (χ3v) is 3.17. The van der Waals surface area contributed by atoms with Crippen LogP contribution in [0.15, 0.2) is 30.9 Å². The maximum atomic E-state index is 12.1. The number of aryl methyl sites for hydroxylation is 1.